The molecule has 5 heteroatoms. The molecule has 1 aromatic heterocycles. The van der Waals surface area contributed by atoms with E-state index < -0.39 is 5.41 Å². The van der Waals surface area contributed by atoms with Gasteiger partial charge in [-0.25, -0.2) is 0 Å². The van der Waals surface area contributed by atoms with Crippen LogP contribution in [0.5, 0.6) is 0 Å². The van der Waals surface area contributed by atoms with Crippen molar-refractivity contribution in [1.29, 1.82) is 5.26 Å². The second kappa shape index (κ2) is 4.51. The van der Waals surface area contributed by atoms with Gasteiger partial charge in [-0.2, -0.15) is 15.5 Å². The number of aromatic nitrogens is 2. The van der Waals surface area contributed by atoms with Crippen molar-refractivity contribution in [1.82, 2.24) is 15.5 Å². The summed E-state index contributed by atoms with van der Waals surface area (Å²) in [4.78, 5) is 11.5. The minimum absolute atomic E-state index is 0.242. The largest absolute Gasteiger partial charge is 0.350 e. The molecule has 1 aromatic rings. The average Bonchev–Trinajstić information content (AvgIpc) is 2.27. The number of carbonyl (C=O) groups is 1. The molecule has 0 aliphatic carbocycles. The quantitative estimate of drug-likeness (QED) is 0.788. The summed E-state index contributed by atoms with van der Waals surface area (Å²) in [5, 5.41) is 18.6. The molecule has 0 aliphatic heterocycles. The molecule has 0 aliphatic rings. The third-order valence-corrected chi connectivity index (χ3v) is 1.84. The molecule has 0 unspecified atom stereocenters. The van der Waals surface area contributed by atoms with Crippen molar-refractivity contribution in [3.63, 3.8) is 0 Å². The first-order valence-electron chi connectivity index (χ1n) is 4.51. The summed E-state index contributed by atoms with van der Waals surface area (Å²) in [6.07, 6.45) is 2.83. The molecule has 15 heavy (non-hydrogen) atoms. The Morgan fingerprint density at radius 1 is 1.60 bits per heavy atom. The highest BCUT2D eigenvalue weighted by atomic mass is 16.1. The van der Waals surface area contributed by atoms with Gasteiger partial charge in [0.15, 0.2) is 0 Å². The van der Waals surface area contributed by atoms with E-state index in [-0.39, 0.29) is 5.91 Å². The lowest BCUT2D eigenvalue weighted by atomic mass is 9.96. The monoisotopic (exact) mass is 204 g/mol. The summed E-state index contributed by atoms with van der Waals surface area (Å²) in [6, 6.07) is 3.68. The van der Waals surface area contributed by atoms with Gasteiger partial charge in [-0.1, -0.05) is 0 Å². The molecule has 0 spiro atoms. The fourth-order valence-electron chi connectivity index (χ4n) is 0.868. The van der Waals surface area contributed by atoms with E-state index in [0.29, 0.717) is 12.1 Å². The Balaban J connectivity index is 2.56. The maximum absolute atomic E-state index is 11.5. The number of nitrogens with zero attached hydrogens (tertiary/aromatic N) is 3. The number of hydrogen-bond acceptors (Lipinski definition) is 4. The van der Waals surface area contributed by atoms with Gasteiger partial charge >= 0.3 is 0 Å². The molecule has 0 fully saturated rings. The Morgan fingerprint density at radius 3 is 2.87 bits per heavy atom. The summed E-state index contributed by atoms with van der Waals surface area (Å²) in [7, 11) is 0. The molecule has 0 radical (unpaired) electrons. The number of rotatable bonds is 3. The van der Waals surface area contributed by atoms with Crippen molar-refractivity contribution >= 4 is 5.91 Å². The first-order valence-corrected chi connectivity index (χ1v) is 4.51. The average molecular weight is 204 g/mol. The SMILES string of the molecule is CC(C)(C#N)CNC(=O)c1ccnnc1. The smallest absolute Gasteiger partial charge is 0.253 e. The lowest BCUT2D eigenvalue weighted by Crippen LogP contribution is -2.33. The predicted octanol–water partition coefficient (Wildman–Crippen LogP) is 0.756. The van der Waals surface area contributed by atoms with Crippen LogP contribution in [0.25, 0.3) is 0 Å². The molecule has 0 saturated heterocycles. The second-order valence-corrected chi connectivity index (χ2v) is 3.81. The van der Waals surface area contributed by atoms with Crippen molar-refractivity contribution in [2.45, 2.75) is 13.8 Å². The lowest BCUT2D eigenvalue weighted by Gasteiger charge is -2.15. The summed E-state index contributed by atoms with van der Waals surface area (Å²) in [5.41, 5.74) is -0.116. The van der Waals surface area contributed by atoms with Gasteiger partial charge in [-0.15, -0.1) is 0 Å². The number of amides is 1. The second-order valence-electron chi connectivity index (χ2n) is 3.81. The number of nitrogens with one attached hydrogen (secondary N) is 1. The van der Waals surface area contributed by atoms with E-state index in [2.05, 4.69) is 21.6 Å². The molecule has 78 valence electrons. The van der Waals surface area contributed by atoms with Crippen molar-refractivity contribution in [2.24, 2.45) is 5.41 Å². The van der Waals surface area contributed by atoms with Crippen molar-refractivity contribution < 1.29 is 4.79 Å². The Hall–Kier alpha value is -1.96. The highest BCUT2D eigenvalue weighted by molar-refractivity contribution is 5.93. The summed E-state index contributed by atoms with van der Waals surface area (Å²) in [6.45, 7) is 3.83. The zero-order valence-electron chi connectivity index (χ0n) is 8.69. The zero-order chi connectivity index (χ0) is 11.3. The van der Waals surface area contributed by atoms with Gasteiger partial charge in [-0.3, -0.25) is 4.79 Å². The van der Waals surface area contributed by atoms with Crippen LogP contribution in [0.1, 0.15) is 24.2 Å². The Labute approximate surface area is 88.1 Å². The minimum Gasteiger partial charge on any atom is -0.350 e. The van der Waals surface area contributed by atoms with Crippen LogP contribution < -0.4 is 5.32 Å². The van der Waals surface area contributed by atoms with Gasteiger partial charge in [0, 0.05) is 6.54 Å². The van der Waals surface area contributed by atoms with E-state index in [4.69, 9.17) is 5.26 Å². The minimum atomic E-state index is -0.559. The first-order chi connectivity index (χ1) is 7.05. The van der Waals surface area contributed by atoms with Gasteiger partial charge < -0.3 is 5.32 Å². The first kappa shape index (κ1) is 11.1. The van der Waals surface area contributed by atoms with E-state index in [0.717, 1.165) is 0 Å². The zero-order valence-corrected chi connectivity index (χ0v) is 8.69. The molecule has 0 bridgehead atoms. The van der Waals surface area contributed by atoms with Gasteiger partial charge in [0.05, 0.1) is 29.4 Å². The summed E-state index contributed by atoms with van der Waals surface area (Å²) < 4.78 is 0. The maximum Gasteiger partial charge on any atom is 0.253 e. The molecular formula is C10H12N4O. The number of hydrogen-bond donors (Lipinski definition) is 1. The van der Waals surface area contributed by atoms with E-state index >= 15 is 0 Å². The van der Waals surface area contributed by atoms with E-state index in [1.54, 1.807) is 19.9 Å². The van der Waals surface area contributed by atoms with Crippen LogP contribution >= 0.6 is 0 Å². The topological polar surface area (TPSA) is 78.7 Å². The van der Waals surface area contributed by atoms with E-state index in [9.17, 15) is 4.79 Å². The molecule has 0 aromatic carbocycles. The Kier molecular flexibility index (Phi) is 3.34. The third kappa shape index (κ3) is 3.35. The maximum atomic E-state index is 11.5. The van der Waals surface area contributed by atoms with Crippen molar-refractivity contribution in [2.75, 3.05) is 6.54 Å². The molecule has 0 saturated carbocycles. The summed E-state index contributed by atoms with van der Waals surface area (Å²) >= 11 is 0. The molecular weight excluding hydrogens is 192 g/mol. The van der Waals surface area contributed by atoms with Gasteiger partial charge in [0.1, 0.15) is 0 Å². The van der Waals surface area contributed by atoms with Gasteiger partial charge in [0.25, 0.3) is 5.91 Å². The lowest BCUT2D eigenvalue weighted by molar-refractivity contribution is 0.0943. The van der Waals surface area contributed by atoms with Crippen LogP contribution in [0.2, 0.25) is 0 Å². The van der Waals surface area contributed by atoms with Gasteiger partial charge in [0.2, 0.25) is 0 Å². The van der Waals surface area contributed by atoms with Crippen LogP contribution in [0.15, 0.2) is 18.5 Å². The fourth-order valence-corrected chi connectivity index (χ4v) is 0.868. The predicted molar refractivity (Wildman–Crippen MR) is 53.8 cm³/mol. The molecule has 1 amide bonds. The molecule has 1 rings (SSSR count). The van der Waals surface area contributed by atoms with E-state index in [1.165, 1.54) is 12.4 Å². The van der Waals surface area contributed by atoms with Crippen LogP contribution in [0, 0.1) is 16.7 Å². The molecule has 5 nitrogen and oxygen atoms in total. The molecule has 1 heterocycles. The van der Waals surface area contributed by atoms with E-state index in [1.807, 2.05) is 0 Å². The Morgan fingerprint density at radius 2 is 2.33 bits per heavy atom. The van der Waals surface area contributed by atoms with Crippen LogP contribution in [-0.4, -0.2) is 22.6 Å². The highest BCUT2D eigenvalue weighted by Crippen LogP contribution is 2.10. The van der Waals surface area contributed by atoms with Gasteiger partial charge in [-0.05, 0) is 19.9 Å². The normalized spacial score (nSPS) is 10.5. The standard InChI is InChI=1S/C10H12N4O/c1-10(2,6-11)7-12-9(15)8-3-4-13-14-5-8/h3-5H,7H2,1-2H3,(H,12,15). The molecule has 0 atom stereocenters. The van der Waals surface area contributed by atoms with Crippen LogP contribution in [0.4, 0.5) is 0 Å². The number of nitriles is 1. The van der Waals surface area contributed by atoms with Crippen molar-refractivity contribution in [3.8, 4) is 6.07 Å². The molecule has 1 N–H and O–H groups in total. The highest BCUT2D eigenvalue weighted by Gasteiger charge is 2.18. The number of carbonyl (C=O) groups excluding carboxylic acids is 1. The fraction of sp³-hybridized carbons (Fsp3) is 0.400. The van der Waals surface area contributed by atoms with Crippen LogP contribution in [-0.2, 0) is 0 Å². The van der Waals surface area contributed by atoms with Crippen molar-refractivity contribution in [3.05, 3.63) is 24.0 Å². The van der Waals surface area contributed by atoms with Crippen LogP contribution in [0.3, 0.4) is 0 Å². The Bertz CT molecular complexity index is 380. The summed E-state index contributed by atoms with van der Waals surface area (Å²) in [5.74, 6) is -0.242. The third-order valence-electron chi connectivity index (χ3n) is 1.84.